The van der Waals surface area contributed by atoms with Crippen molar-refractivity contribution in [2.75, 3.05) is 20.3 Å². The molecule has 1 aromatic rings. The van der Waals surface area contributed by atoms with Gasteiger partial charge in [0.2, 0.25) is 0 Å². The molecular weight excluding hydrogens is 172 g/mol. The normalized spacial score (nSPS) is 13.2. The molecule has 1 aromatic heterocycles. The second-order valence-corrected chi connectivity index (χ2v) is 2.67. The van der Waals surface area contributed by atoms with E-state index in [1.54, 1.807) is 18.0 Å². The van der Waals surface area contributed by atoms with Crippen LogP contribution >= 0.6 is 0 Å². The maximum absolute atomic E-state index is 8.71. The maximum atomic E-state index is 8.71. The van der Waals surface area contributed by atoms with Gasteiger partial charge in [-0.1, -0.05) is 5.21 Å². The fourth-order valence-corrected chi connectivity index (χ4v) is 1.09. The summed E-state index contributed by atoms with van der Waals surface area (Å²) in [7, 11) is 1.58. The Kier molecular flexibility index (Phi) is 3.81. The SMILES string of the molecule is COCC(N)c1cnnn1CCO. The highest BCUT2D eigenvalue weighted by molar-refractivity contribution is 5.00. The largest absolute Gasteiger partial charge is 0.394 e. The molecule has 0 spiro atoms. The maximum Gasteiger partial charge on any atom is 0.0778 e. The molecule has 74 valence electrons. The molecule has 0 aromatic carbocycles. The average Bonchev–Trinajstić information content (AvgIpc) is 2.54. The molecule has 0 aliphatic heterocycles. The van der Waals surface area contributed by atoms with Crippen molar-refractivity contribution in [2.24, 2.45) is 5.73 Å². The number of aromatic nitrogens is 3. The van der Waals surface area contributed by atoms with Crippen LogP contribution in [0.3, 0.4) is 0 Å². The van der Waals surface area contributed by atoms with E-state index in [0.717, 1.165) is 5.69 Å². The molecule has 1 atom stereocenters. The summed E-state index contributed by atoms with van der Waals surface area (Å²) in [4.78, 5) is 0. The number of rotatable bonds is 5. The Morgan fingerprint density at radius 2 is 2.54 bits per heavy atom. The first-order valence-corrected chi connectivity index (χ1v) is 4.03. The molecule has 0 fully saturated rings. The van der Waals surface area contributed by atoms with E-state index < -0.39 is 0 Å². The summed E-state index contributed by atoms with van der Waals surface area (Å²) in [5.41, 5.74) is 6.55. The minimum absolute atomic E-state index is 0.0239. The van der Waals surface area contributed by atoms with Gasteiger partial charge in [-0.15, -0.1) is 5.10 Å². The molecule has 1 unspecified atom stereocenters. The highest BCUT2D eigenvalue weighted by atomic mass is 16.5. The lowest BCUT2D eigenvalue weighted by Gasteiger charge is -2.10. The van der Waals surface area contributed by atoms with Crippen LogP contribution in [0.4, 0.5) is 0 Å². The Balaban J connectivity index is 2.68. The predicted octanol–water partition coefficient (Wildman–Crippen LogP) is -1.08. The first-order valence-electron chi connectivity index (χ1n) is 4.03. The molecule has 3 N–H and O–H groups in total. The average molecular weight is 186 g/mol. The first kappa shape index (κ1) is 10.1. The third-order valence-corrected chi connectivity index (χ3v) is 1.69. The van der Waals surface area contributed by atoms with Gasteiger partial charge in [-0.05, 0) is 0 Å². The van der Waals surface area contributed by atoms with Crippen molar-refractivity contribution in [1.29, 1.82) is 0 Å². The molecule has 6 nitrogen and oxygen atoms in total. The number of hydrogen-bond acceptors (Lipinski definition) is 5. The summed E-state index contributed by atoms with van der Waals surface area (Å²) in [6.07, 6.45) is 1.58. The van der Waals surface area contributed by atoms with E-state index in [1.165, 1.54) is 0 Å². The molecule has 0 saturated heterocycles. The van der Waals surface area contributed by atoms with E-state index in [1.807, 2.05) is 0 Å². The highest BCUT2D eigenvalue weighted by Crippen LogP contribution is 2.07. The van der Waals surface area contributed by atoms with Crippen LogP contribution in [-0.4, -0.2) is 40.4 Å². The predicted molar refractivity (Wildman–Crippen MR) is 45.9 cm³/mol. The van der Waals surface area contributed by atoms with Crippen molar-refractivity contribution in [1.82, 2.24) is 15.0 Å². The van der Waals surface area contributed by atoms with Crippen molar-refractivity contribution in [3.8, 4) is 0 Å². The number of aliphatic hydroxyl groups excluding tert-OH is 1. The van der Waals surface area contributed by atoms with Crippen molar-refractivity contribution in [3.05, 3.63) is 11.9 Å². The van der Waals surface area contributed by atoms with Gasteiger partial charge in [0, 0.05) is 7.11 Å². The summed E-state index contributed by atoms with van der Waals surface area (Å²) >= 11 is 0. The fraction of sp³-hybridized carbons (Fsp3) is 0.714. The van der Waals surface area contributed by atoms with Gasteiger partial charge in [0.25, 0.3) is 0 Å². The van der Waals surface area contributed by atoms with Crippen LogP contribution in [0.1, 0.15) is 11.7 Å². The summed E-state index contributed by atoms with van der Waals surface area (Å²) in [5.74, 6) is 0. The van der Waals surface area contributed by atoms with Gasteiger partial charge in [0.05, 0.1) is 37.7 Å². The zero-order valence-electron chi connectivity index (χ0n) is 7.55. The standard InChI is InChI=1S/C7H14N4O2/c1-13-5-6(8)7-4-9-10-11(7)2-3-12/h4,6,12H,2-3,5,8H2,1H3. The molecule has 1 rings (SSSR count). The van der Waals surface area contributed by atoms with E-state index in [9.17, 15) is 0 Å². The van der Waals surface area contributed by atoms with Crippen molar-refractivity contribution in [2.45, 2.75) is 12.6 Å². The molecule has 0 aliphatic carbocycles. The number of ether oxygens (including phenoxy) is 1. The number of hydrogen-bond donors (Lipinski definition) is 2. The van der Waals surface area contributed by atoms with E-state index in [2.05, 4.69) is 10.3 Å². The third kappa shape index (κ3) is 2.48. The number of nitrogens with two attached hydrogens (primary N) is 1. The summed E-state index contributed by atoms with van der Waals surface area (Å²) < 4.78 is 6.48. The van der Waals surface area contributed by atoms with Crippen molar-refractivity contribution >= 4 is 0 Å². The lowest BCUT2D eigenvalue weighted by atomic mass is 10.2. The molecule has 0 aliphatic rings. The van der Waals surface area contributed by atoms with Gasteiger partial charge >= 0.3 is 0 Å². The first-order chi connectivity index (χ1) is 6.29. The van der Waals surface area contributed by atoms with Gasteiger partial charge < -0.3 is 15.6 Å². The number of aliphatic hydroxyl groups is 1. The molecule has 0 bridgehead atoms. The second kappa shape index (κ2) is 4.90. The van der Waals surface area contributed by atoms with Crippen molar-refractivity contribution in [3.63, 3.8) is 0 Å². The van der Waals surface area contributed by atoms with Crippen LogP contribution in [0.15, 0.2) is 6.20 Å². The summed E-state index contributed by atoms with van der Waals surface area (Å²) in [5, 5.41) is 16.2. The van der Waals surface area contributed by atoms with Crippen LogP contribution in [0.2, 0.25) is 0 Å². The minimum atomic E-state index is -0.244. The molecule has 0 radical (unpaired) electrons. The topological polar surface area (TPSA) is 86.2 Å². The molecule has 6 heteroatoms. The van der Waals surface area contributed by atoms with Crippen LogP contribution < -0.4 is 5.73 Å². The minimum Gasteiger partial charge on any atom is -0.394 e. The van der Waals surface area contributed by atoms with E-state index in [-0.39, 0.29) is 12.6 Å². The van der Waals surface area contributed by atoms with Gasteiger partial charge in [0.1, 0.15) is 0 Å². The Labute approximate surface area is 76.3 Å². The van der Waals surface area contributed by atoms with Gasteiger partial charge in [-0.3, -0.25) is 0 Å². The Bertz CT molecular complexity index is 250. The quantitative estimate of drug-likeness (QED) is 0.610. The van der Waals surface area contributed by atoms with Crippen molar-refractivity contribution < 1.29 is 9.84 Å². The Hall–Kier alpha value is -0.980. The van der Waals surface area contributed by atoms with E-state index in [0.29, 0.717) is 13.2 Å². The zero-order chi connectivity index (χ0) is 9.68. The lowest BCUT2D eigenvalue weighted by Crippen LogP contribution is -2.21. The Morgan fingerprint density at radius 3 is 3.15 bits per heavy atom. The molecule has 1 heterocycles. The lowest BCUT2D eigenvalue weighted by molar-refractivity contribution is 0.176. The van der Waals surface area contributed by atoms with Gasteiger partial charge in [-0.25, -0.2) is 4.68 Å². The Morgan fingerprint density at radius 1 is 1.77 bits per heavy atom. The van der Waals surface area contributed by atoms with Crippen LogP contribution in [0.5, 0.6) is 0 Å². The van der Waals surface area contributed by atoms with E-state index >= 15 is 0 Å². The fourth-order valence-electron chi connectivity index (χ4n) is 1.09. The molecular formula is C7H14N4O2. The summed E-state index contributed by atoms with van der Waals surface area (Å²) in [6, 6.07) is -0.244. The van der Waals surface area contributed by atoms with Crippen LogP contribution in [0.25, 0.3) is 0 Å². The van der Waals surface area contributed by atoms with Gasteiger partial charge in [0.15, 0.2) is 0 Å². The van der Waals surface area contributed by atoms with Crippen LogP contribution in [0, 0.1) is 0 Å². The number of nitrogens with zero attached hydrogens (tertiary/aromatic N) is 3. The monoisotopic (exact) mass is 186 g/mol. The number of methoxy groups -OCH3 is 1. The highest BCUT2D eigenvalue weighted by Gasteiger charge is 2.11. The smallest absolute Gasteiger partial charge is 0.0778 e. The van der Waals surface area contributed by atoms with Gasteiger partial charge in [-0.2, -0.15) is 0 Å². The third-order valence-electron chi connectivity index (χ3n) is 1.69. The second-order valence-electron chi connectivity index (χ2n) is 2.67. The zero-order valence-corrected chi connectivity index (χ0v) is 7.55. The summed E-state index contributed by atoms with van der Waals surface area (Å²) in [6.45, 7) is 0.849. The van der Waals surface area contributed by atoms with E-state index in [4.69, 9.17) is 15.6 Å². The van der Waals surface area contributed by atoms with Crippen LogP contribution in [-0.2, 0) is 11.3 Å². The molecule has 0 amide bonds. The molecule has 0 saturated carbocycles. The molecule has 13 heavy (non-hydrogen) atoms.